The van der Waals surface area contributed by atoms with Gasteiger partial charge in [-0.3, -0.25) is 9.69 Å². The Morgan fingerprint density at radius 3 is 2.72 bits per heavy atom. The van der Waals surface area contributed by atoms with Gasteiger partial charge >= 0.3 is 5.97 Å². The molecule has 0 radical (unpaired) electrons. The Labute approximate surface area is 111 Å². The van der Waals surface area contributed by atoms with Crippen molar-refractivity contribution in [2.75, 3.05) is 6.54 Å². The van der Waals surface area contributed by atoms with Crippen LogP contribution >= 0.6 is 0 Å². The van der Waals surface area contributed by atoms with E-state index in [1.54, 1.807) is 0 Å². The molecular weight excluding hydrogens is 226 g/mol. The highest BCUT2D eigenvalue weighted by atomic mass is 16.4. The molecule has 1 aliphatic carbocycles. The standard InChI is InChI=1S/C15H27NO2/c1-2-5-14(12-7-8-12)16-11-4-3-6-13(16)9-10-15(17)18/h12-14H,2-11H2,1H3,(H,17,18). The first-order chi connectivity index (χ1) is 8.72. The van der Waals surface area contributed by atoms with Crippen LogP contribution in [0.4, 0.5) is 0 Å². The van der Waals surface area contributed by atoms with E-state index >= 15 is 0 Å². The SMILES string of the molecule is CCCC(C1CC1)N1CCCCC1CCC(=O)O. The van der Waals surface area contributed by atoms with Gasteiger partial charge in [0.2, 0.25) is 0 Å². The van der Waals surface area contributed by atoms with Crippen molar-refractivity contribution in [2.24, 2.45) is 5.92 Å². The minimum Gasteiger partial charge on any atom is -0.481 e. The van der Waals surface area contributed by atoms with Gasteiger partial charge in [0, 0.05) is 18.5 Å². The van der Waals surface area contributed by atoms with Crippen molar-refractivity contribution in [3.63, 3.8) is 0 Å². The zero-order valence-electron chi connectivity index (χ0n) is 11.6. The summed E-state index contributed by atoms with van der Waals surface area (Å²) in [5.41, 5.74) is 0. The van der Waals surface area contributed by atoms with E-state index in [2.05, 4.69) is 11.8 Å². The van der Waals surface area contributed by atoms with Crippen molar-refractivity contribution < 1.29 is 9.90 Å². The minimum atomic E-state index is -0.640. The highest BCUT2D eigenvalue weighted by molar-refractivity contribution is 5.66. The van der Waals surface area contributed by atoms with E-state index in [1.807, 2.05) is 0 Å². The number of carboxylic acid groups (broad SMARTS) is 1. The van der Waals surface area contributed by atoms with E-state index < -0.39 is 5.97 Å². The van der Waals surface area contributed by atoms with Crippen molar-refractivity contribution in [3.8, 4) is 0 Å². The molecule has 0 bridgehead atoms. The van der Waals surface area contributed by atoms with Gasteiger partial charge < -0.3 is 5.11 Å². The largest absolute Gasteiger partial charge is 0.481 e. The van der Waals surface area contributed by atoms with Crippen LogP contribution < -0.4 is 0 Å². The first-order valence-corrected chi connectivity index (χ1v) is 7.70. The van der Waals surface area contributed by atoms with E-state index in [-0.39, 0.29) is 0 Å². The van der Waals surface area contributed by atoms with Crippen LogP contribution in [-0.4, -0.2) is 34.6 Å². The van der Waals surface area contributed by atoms with Crippen LogP contribution in [-0.2, 0) is 4.79 Å². The molecule has 2 rings (SSSR count). The first-order valence-electron chi connectivity index (χ1n) is 7.70. The molecule has 0 spiro atoms. The summed E-state index contributed by atoms with van der Waals surface area (Å²) in [6.07, 6.45) is 10.3. The molecule has 2 fully saturated rings. The maximum Gasteiger partial charge on any atom is 0.303 e. The monoisotopic (exact) mass is 253 g/mol. The first kappa shape index (κ1) is 13.9. The van der Waals surface area contributed by atoms with E-state index in [0.717, 1.165) is 18.4 Å². The molecule has 1 heterocycles. The quantitative estimate of drug-likeness (QED) is 0.757. The Kier molecular flexibility index (Phi) is 5.04. The second-order valence-electron chi connectivity index (χ2n) is 6.01. The van der Waals surface area contributed by atoms with Crippen LogP contribution in [0.2, 0.25) is 0 Å². The second-order valence-corrected chi connectivity index (χ2v) is 6.01. The zero-order valence-corrected chi connectivity index (χ0v) is 11.6. The van der Waals surface area contributed by atoms with Crippen molar-refractivity contribution in [3.05, 3.63) is 0 Å². The summed E-state index contributed by atoms with van der Waals surface area (Å²) < 4.78 is 0. The van der Waals surface area contributed by atoms with Gasteiger partial charge in [-0.25, -0.2) is 0 Å². The molecule has 104 valence electrons. The predicted octanol–water partition coefficient (Wildman–Crippen LogP) is 3.28. The molecule has 1 N–H and O–H groups in total. The molecule has 1 saturated heterocycles. The fourth-order valence-corrected chi connectivity index (χ4v) is 3.51. The average Bonchev–Trinajstić information content (AvgIpc) is 3.18. The van der Waals surface area contributed by atoms with Crippen LogP contribution in [0.15, 0.2) is 0 Å². The van der Waals surface area contributed by atoms with Crippen molar-refractivity contribution in [1.29, 1.82) is 0 Å². The van der Waals surface area contributed by atoms with E-state index in [1.165, 1.54) is 51.5 Å². The van der Waals surface area contributed by atoms with Crippen molar-refractivity contribution >= 4 is 5.97 Å². The molecule has 2 atom stereocenters. The van der Waals surface area contributed by atoms with Gasteiger partial charge in [0.15, 0.2) is 0 Å². The van der Waals surface area contributed by atoms with Crippen LogP contribution in [0.25, 0.3) is 0 Å². The molecule has 1 aliphatic heterocycles. The van der Waals surface area contributed by atoms with Crippen molar-refractivity contribution in [1.82, 2.24) is 4.90 Å². The Hall–Kier alpha value is -0.570. The third-order valence-corrected chi connectivity index (χ3v) is 4.54. The topological polar surface area (TPSA) is 40.5 Å². The van der Waals surface area contributed by atoms with E-state index in [4.69, 9.17) is 5.11 Å². The van der Waals surface area contributed by atoms with Gasteiger partial charge in [-0.05, 0) is 51.0 Å². The number of carbonyl (C=O) groups is 1. The summed E-state index contributed by atoms with van der Waals surface area (Å²) in [7, 11) is 0. The van der Waals surface area contributed by atoms with E-state index in [9.17, 15) is 4.79 Å². The molecule has 18 heavy (non-hydrogen) atoms. The molecule has 3 heteroatoms. The Bertz CT molecular complexity index is 276. The van der Waals surface area contributed by atoms with Crippen molar-refractivity contribution in [2.45, 2.75) is 76.8 Å². The van der Waals surface area contributed by atoms with Gasteiger partial charge in [-0.1, -0.05) is 19.8 Å². The molecule has 0 aromatic carbocycles. The number of nitrogens with zero attached hydrogens (tertiary/aromatic N) is 1. The van der Waals surface area contributed by atoms with Crippen LogP contribution in [0.5, 0.6) is 0 Å². The number of piperidine rings is 1. The molecule has 2 unspecified atom stereocenters. The Morgan fingerprint density at radius 1 is 1.33 bits per heavy atom. The summed E-state index contributed by atoms with van der Waals surface area (Å²) in [5.74, 6) is 0.273. The fourth-order valence-electron chi connectivity index (χ4n) is 3.51. The van der Waals surface area contributed by atoms with Crippen LogP contribution in [0.1, 0.15) is 64.7 Å². The summed E-state index contributed by atoms with van der Waals surface area (Å²) in [6.45, 7) is 3.47. The van der Waals surface area contributed by atoms with Gasteiger partial charge in [0.05, 0.1) is 0 Å². The molecule has 3 nitrogen and oxygen atoms in total. The van der Waals surface area contributed by atoms with Gasteiger partial charge in [0.1, 0.15) is 0 Å². The number of rotatable bonds is 7. The average molecular weight is 253 g/mol. The maximum atomic E-state index is 10.8. The third-order valence-electron chi connectivity index (χ3n) is 4.54. The lowest BCUT2D eigenvalue weighted by Crippen LogP contribution is -2.47. The highest BCUT2D eigenvalue weighted by Crippen LogP contribution is 2.40. The summed E-state index contributed by atoms with van der Waals surface area (Å²) in [4.78, 5) is 13.4. The molecule has 2 aliphatic rings. The third kappa shape index (κ3) is 3.71. The lowest BCUT2D eigenvalue weighted by atomic mass is 9.93. The summed E-state index contributed by atoms with van der Waals surface area (Å²) in [6, 6.07) is 1.28. The fraction of sp³-hybridized carbons (Fsp3) is 0.933. The van der Waals surface area contributed by atoms with Crippen LogP contribution in [0.3, 0.4) is 0 Å². The predicted molar refractivity (Wildman–Crippen MR) is 72.6 cm³/mol. The Morgan fingerprint density at radius 2 is 2.11 bits per heavy atom. The van der Waals surface area contributed by atoms with E-state index in [0.29, 0.717) is 12.5 Å². The number of likely N-dealkylation sites (tertiary alicyclic amines) is 1. The number of hydrogen-bond acceptors (Lipinski definition) is 2. The molecule has 0 amide bonds. The Balaban J connectivity index is 1.94. The lowest BCUT2D eigenvalue weighted by molar-refractivity contribution is -0.137. The molecule has 0 aromatic heterocycles. The molecule has 1 saturated carbocycles. The molecule has 0 aromatic rings. The lowest BCUT2D eigenvalue weighted by Gasteiger charge is -2.41. The van der Waals surface area contributed by atoms with Gasteiger partial charge in [-0.15, -0.1) is 0 Å². The summed E-state index contributed by atoms with van der Waals surface area (Å²) in [5, 5.41) is 8.88. The maximum absolute atomic E-state index is 10.8. The second kappa shape index (κ2) is 6.55. The molecular formula is C15H27NO2. The minimum absolute atomic E-state index is 0.338. The summed E-state index contributed by atoms with van der Waals surface area (Å²) >= 11 is 0. The van der Waals surface area contributed by atoms with Crippen LogP contribution in [0, 0.1) is 5.92 Å². The number of aliphatic carboxylic acids is 1. The van der Waals surface area contributed by atoms with Gasteiger partial charge in [-0.2, -0.15) is 0 Å². The zero-order chi connectivity index (χ0) is 13.0. The highest BCUT2D eigenvalue weighted by Gasteiger charge is 2.38. The number of carboxylic acids is 1. The normalized spacial score (nSPS) is 27.1. The van der Waals surface area contributed by atoms with Gasteiger partial charge in [0.25, 0.3) is 0 Å². The smallest absolute Gasteiger partial charge is 0.303 e. The number of hydrogen-bond donors (Lipinski definition) is 1.